The molecule has 0 spiro atoms. The van der Waals surface area contributed by atoms with Crippen LogP contribution in [0.25, 0.3) is 6.08 Å². The third-order valence-corrected chi connectivity index (χ3v) is 6.44. The average Bonchev–Trinajstić information content (AvgIpc) is 2.96. The number of carbonyl (C=O) groups excluding carboxylic acids is 2. The number of imide groups is 1. The molecule has 4 rings (SSSR count). The number of hydrogen-bond donors (Lipinski definition) is 0. The molecule has 0 radical (unpaired) electrons. The molecule has 0 unspecified atom stereocenters. The largest absolute Gasteiger partial charge is 0.494 e. The summed E-state index contributed by atoms with van der Waals surface area (Å²) in [6.07, 6.45) is 7.72. The number of nitrogens with zero attached hydrogens (tertiary/aromatic N) is 1. The molecule has 1 fully saturated rings. The normalized spacial score (nSPS) is 21.7. The smallest absolute Gasteiger partial charge is 0.261 e. The van der Waals surface area contributed by atoms with Crippen LogP contribution in [0.5, 0.6) is 0 Å². The highest BCUT2D eigenvalue weighted by molar-refractivity contribution is 6.33. The summed E-state index contributed by atoms with van der Waals surface area (Å²) in [6, 6.07) is 5.84. The first kappa shape index (κ1) is 20.6. The van der Waals surface area contributed by atoms with Crippen LogP contribution < -0.4 is 4.90 Å². The molecule has 30 heavy (non-hydrogen) atoms. The van der Waals surface area contributed by atoms with Gasteiger partial charge in [0.2, 0.25) is 0 Å². The second-order valence-electron chi connectivity index (χ2n) is 8.86. The number of ether oxygens (including phenoxy) is 1. The van der Waals surface area contributed by atoms with E-state index >= 15 is 0 Å². The van der Waals surface area contributed by atoms with Crippen molar-refractivity contribution in [2.45, 2.75) is 66.2 Å². The van der Waals surface area contributed by atoms with E-state index < -0.39 is 0 Å². The highest BCUT2D eigenvalue weighted by atomic mass is 16.5. The van der Waals surface area contributed by atoms with E-state index in [-0.39, 0.29) is 11.8 Å². The molecule has 0 N–H and O–H groups in total. The zero-order chi connectivity index (χ0) is 21.4. The summed E-state index contributed by atoms with van der Waals surface area (Å²) in [5.74, 6) is 1.46. The minimum atomic E-state index is -0.134. The van der Waals surface area contributed by atoms with E-state index in [4.69, 9.17) is 4.74 Å². The highest BCUT2D eigenvalue weighted by Gasteiger charge is 2.39. The van der Waals surface area contributed by atoms with Gasteiger partial charge in [-0.15, -0.1) is 0 Å². The Kier molecular flexibility index (Phi) is 5.68. The summed E-state index contributed by atoms with van der Waals surface area (Å²) in [4.78, 5) is 27.2. The van der Waals surface area contributed by atoms with Gasteiger partial charge in [0.1, 0.15) is 5.76 Å². The second-order valence-corrected chi connectivity index (χ2v) is 8.86. The zero-order valence-electron chi connectivity index (χ0n) is 18.5. The van der Waals surface area contributed by atoms with Crippen LogP contribution in [0.15, 0.2) is 46.3 Å². The second kappa shape index (κ2) is 8.25. The lowest BCUT2D eigenvalue weighted by Gasteiger charge is -2.29. The van der Waals surface area contributed by atoms with E-state index in [1.807, 2.05) is 25.1 Å². The predicted octanol–water partition coefficient (Wildman–Crippen LogP) is 5.86. The topological polar surface area (TPSA) is 46.6 Å². The molecule has 0 saturated heterocycles. The molecular formula is C26H31NO3. The molecule has 1 aliphatic heterocycles. The lowest BCUT2D eigenvalue weighted by Crippen LogP contribution is -2.31. The van der Waals surface area contributed by atoms with E-state index in [1.54, 1.807) is 0 Å². The van der Waals surface area contributed by atoms with Crippen LogP contribution in [0.1, 0.15) is 70.4 Å². The molecule has 0 aromatic heterocycles. The van der Waals surface area contributed by atoms with Crippen molar-refractivity contribution in [2.24, 2.45) is 5.92 Å². The standard InChI is InChI=1S/C26H31NO3/c1-5-30-24(20-12-16(2)13-20)18(4)14-19-15-21(11-10-17(19)3)27-25(28)22-8-6-7-9-23(22)26(27)29/h10-11,14-16H,5-9,12-13H2,1-4H3/b18-14+,24-20?. The monoisotopic (exact) mass is 405 g/mol. The van der Waals surface area contributed by atoms with Crippen molar-refractivity contribution in [1.29, 1.82) is 0 Å². The van der Waals surface area contributed by atoms with Crippen LogP contribution in [-0.4, -0.2) is 18.4 Å². The fourth-order valence-corrected chi connectivity index (χ4v) is 4.80. The fourth-order valence-electron chi connectivity index (χ4n) is 4.80. The Bertz CT molecular complexity index is 960. The lowest BCUT2D eigenvalue weighted by atomic mass is 9.80. The van der Waals surface area contributed by atoms with Crippen LogP contribution in [0, 0.1) is 12.8 Å². The third-order valence-electron chi connectivity index (χ3n) is 6.44. The summed E-state index contributed by atoms with van der Waals surface area (Å²) in [5.41, 5.74) is 6.71. The summed E-state index contributed by atoms with van der Waals surface area (Å²) < 4.78 is 5.98. The van der Waals surface area contributed by atoms with Gasteiger partial charge in [0.15, 0.2) is 0 Å². The highest BCUT2D eigenvalue weighted by Crippen LogP contribution is 2.39. The molecule has 0 atom stereocenters. The van der Waals surface area contributed by atoms with Crippen LogP contribution in [0.4, 0.5) is 5.69 Å². The SMILES string of the molecule is CCOC(=C1CC(C)C1)/C(C)=C/c1cc(N2C(=O)C3=C(CCCC3)C2=O)ccc1C. The molecular weight excluding hydrogens is 374 g/mol. The predicted molar refractivity (Wildman–Crippen MR) is 120 cm³/mol. The Hall–Kier alpha value is -2.62. The van der Waals surface area contributed by atoms with Gasteiger partial charge >= 0.3 is 0 Å². The fraction of sp³-hybridized carbons (Fsp3) is 0.462. The van der Waals surface area contributed by atoms with Crippen molar-refractivity contribution in [1.82, 2.24) is 0 Å². The van der Waals surface area contributed by atoms with E-state index in [0.717, 1.165) is 78.0 Å². The number of rotatable bonds is 5. The summed E-state index contributed by atoms with van der Waals surface area (Å²) in [5, 5.41) is 0. The Morgan fingerprint density at radius 2 is 1.77 bits per heavy atom. The van der Waals surface area contributed by atoms with E-state index in [9.17, 15) is 9.59 Å². The maximum atomic E-state index is 12.9. The number of carbonyl (C=O) groups is 2. The first-order valence-electron chi connectivity index (χ1n) is 11.2. The van der Waals surface area contributed by atoms with Gasteiger partial charge in [-0.05, 0) is 106 Å². The number of anilines is 1. The number of amides is 2. The molecule has 4 nitrogen and oxygen atoms in total. The molecule has 1 aromatic rings. The Morgan fingerprint density at radius 3 is 2.33 bits per heavy atom. The number of allylic oxidation sites excluding steroid dienone is 2. The molecule has 4 heteroatoms. The maximum Gasteiger partial charge on any atom is 0.261 e. The molecule has 0 bridgehead atoms. The van der Waals surface area contributed by atoms with Crippen LogP contribution in [0.3, 0.4) is 0 Å². The summed E-state index contributed by atoms with van der Waals surface area (Å²) in [6.45, 7) is 9.06. The van der Waals surface area contributed by atoms with Gasteiger partial charge in [-0.3, -0.25) is 9.59 Å². The van der Waals surface area contributed by atoms with Crippen molar-refractivity contribution >= 4 is 23.6 Å². The minimum absolute atomic E-state index is 0.134. The first-order chi connectivity index (χ1) is 14.4. The third kappa shape index (κ3) is 3.64. The van der Waals surface area contributed by atoms with E-state index in [1.165, 1.54) is 10.5 Å². The van der Waals surface area contributed by atoms with Gasteiger partial charge in [0, 0.05) is 11.1 Å². The molecule has 158 valence electrons. The summed E-state index contributed by atoms with van der Waals surface area (Å²) in [7, 11) is 0. The molecule has 1 aromatic carbocycles. The maximum absolute atomic E-state index is 12.9. The van der Waals surface area contributed by atoms with Gasteiger partial charge in [0.05, 0.1) is 12.3 Å². The van der Waals surface area contributed by atoms with Gasteiger partial charge in [-0.1, -0.05) is 13.0 Å². The van der Waals surface area contributed by atoms with Crippen molar-refractivity contribution in [3.63, 3.8) is 0 Å². The number of hydrogen-bond acceptors (Lipinski definition) is 3. The Balaban J connectivity index is 1.66. The van der Waals surface area contributed by atoms with Crippen molar-refractivity contribution in [3.05, 3.63) is 57.4 Å². The van der Waals surface area contributed by atoms with Crippen LogP contribution in [-0.2, 0) is 14.3 Å². The molecule has 1 heterocycles. The molecule has 2 aliphatic carbocycles. The van der Waals surface area contributed by atoms with Crippen LogP contribution >= 0.6 is 0 Å². The zero-order valence-corrected chi connectivity index (χ0v) is 18.5. The summed E-state index contributed by atoms with van der Waals surface area (Å²) >= 11 is 0. The van der Waals surface area contributed by atoms with Crippen molar-refractivity contribution in [2.75, 3.05) is 11.5 Å². The average molecular weight is 406 g/mol. The minimum Gasteiger partial charge on any atom is -0.494 e. The Labute approximate surface area is 179 Å². The van der Waals surface area contributed by atoms with Gasteiger partial charge in [-0.25, -0.2) is 4.90 Å². The first-order valence-corrected chi connectivity index (χ1v) is 11.2. The van der Waals surface area contributed by atoms with Crippen LogP contribution in [0.2, 0.25) is 0 Å². The van der Waals surface area contributed by atoms with Crippen molar-refractivity contribution < 1.29 is 14.3 Å². The van der Waals surface area contributed by atoms with Gasteiger partial charge in [0.25, 0.3) is 11.8 Å². The molecule has 3 aliphatic rings. The van der Waals surface area contributed by atoms with Gasteiger partial charge < -0.3 is 4.74 Å². The number of benzene rings is 1. The van der Waals surface area contributed by atoms with E-state index in [0.29, 0.717) is 12.3 Å². The molecule has 1 saturated carbocycles. The van der Waals surface area contributed by atoms with Crippen molar-refractivity contribution in [3.8, 4) is 0 Å². The van der Waals surface area contributed by atoms with E-state index in [2.05, 4.69) is 26.8 Å². The molecule has 2 amide bonds. The number of aryl methyl sites for hydroxylation is 1. The quantitative estimate of drug-likeness (QED) is 0.455. The Morgan fingerprint density at radius 1 is 1.13 bits per heavy atom. The lowest BCUT2D eigenvalue weighted by molar-refractivity contribution is -0.120. The van der Waals surface area contributed by atoms with Gasteiger partial charge in [-0.2, -0.15) is 0 Å².